The summed E-state index contributed by atoms with van der Waals surface area (Å²) in [6.45, 7) is 0. The molecule has 0 atom stereocenters. The van der Waals surface area contributed by atoms with E-state index in [9.17, 15) is 0 Å². The van der Waals surface area contributed by atoms with Crippen LogP contribution < -0.4 is 0 Å². The van der Waals surface area contributed by atoms with Crippen LogP contribution in [0.3, 0.4) is 0 Å². The van der Waals surface area contributed by atoms with Crippen molar-refractivity contribution in [3.05, 3.63) is 276 Å². The van der Waals surface area contributed by atoms with Gasteiger partial charge in [-0.25, -0.2) is 15.0 Å². The molecule has 0 N–H and O–H groups in total. The molecule has 4 heteroatoms. The summed E-state index contributed by atoms with van der Waals surface area (Å²) < 4.78 is 0. The molecule has 2 bridgehead atoms. The SMILES string of the molecule is c1ccc(-c2nc(-c3ccccc3)nc(-c3cc(-c4ccncc4)cc(-c4cccc(-c5ccc6c(c5)C5(c7cccc8ccccc78)c7ccccc7C6c6ccccc65)c4)c3)n2)cc1. The number of pyridine rings is 1. The van der Waals surface area contributed by atoms with Crippen molar-refractivity contribution < 1.29 is 0 Å². The van der Waals surface area contributed by atoms with Crippen molar-refractivity contribution >= 4 is 10.8 Å². The van der Waals surface area contributed by atoms with Crippen molar-refractivity contribution in [2.24, 2.45) is 0 Å². The molecule has 0 saturated heterocycles. The predicted octanol–water partition coefficient (Wildman–Crippen LogP) is 14.6. The number of hydrogen-bond acceptors (Lipinski definition) is 4. The second-order valence-corrected chi connectivity index (χ2v) is 17.3. The van der Waals surface area contributed by atoms with E-state index >= 15 is 0 Å². The zero-order valence-electron chi connectivity index (χ0n) is 35.9. The maximum atomic E-state index is 5.14. The van der Waals surface area contributed by atoms with Crippen LogP contribution in [0.25, 0.3) is 78.3 Å². The van der Waals surface area contributed by atoms with Crippen LogP contribution in [0.4, 0.5) is 0 Å². The Labute approximate surface area is 383 Å². The Balaban J connectivity index is 0.993. The Bertz CT molecular complexity index is 3550. The monoisotopic (exact) mass is 840 g/mol. The summed E-state index contributed by atoms with van der Waals surface area (Å²) in [4.78, 5) is 19.6. The fourth-order valence-corrected chi connectivity index (χ4v) is 10.9. The van der Waals surface area contributed by atoms with Crippen LogP contribution in [0.5, 0.6) is 0 Å². The van der Waals surface area contributed by atoms with Gasteiger partial charge >= 0.3 is 0 Å². The Morgan fingerprint density at radius 1 is 0.288 bits per heavy atom. The molecule has 308 valence electrons. The van der Waals surface area contributed by atoms with E-state index in [1.807, 2.05) is 73.1 Å². The summed E-state index contributed by atoms with van der Waals surface area (Å²) in [6.07, 6.45) is 3.69. The highest BCUT2D eigenvalue weighted by Crippen LogP contribution is 2.62. The van der Waals surface area contributed by atoms with E-state index < -0.39 is 5.41 Å². The van der Waals surface area contributed by atoms with Crippen molar-refractivity contribution in [1.29, 1.82) is 0 Å². The second-order valence-electron chi connectivity index (χ2n) is 17.3. The lowest BCUT2D eigenvalue weighted by atomic mass is 9.50. The van der Waals surface area contributed by atoms with Crippen LogP contribution in [0, 0.1) is 0 Å². The Morgan fingerprint density at radius 3 is 1.42 bits per heavy atom. The van der Waals surface area contributed by atoms with Crippen molar-refractivity contribution in [1.82, 2.24) is 19.9 Å². The molecule has 9 aromatic carbocycles. The number of fused-ring (bicyclic) bond motifs is 1. The summed E-state index contributed by atoms with van der Waals surface area (Å²) in [5, 5.41) is 2.52. The molecule has 0 unspecified atom stereocenters. The summed E-state index contributed by atoms with van der Waals surface area (Å²) >= 11 is 0. The fraction of sp³-hybridized carbons (Fsp3) is 0.0323. The third kappa shape index (κ3) is 5.99. The lowest BCUT2D eigenvalue weighted by Crippen LogP contribution is -2.43. The van der Waals surface area contributed by atoms with Crippen molar-refractivity contribution in [3.63, 3.8) is 0 Å². The molecule has 0 spiro atoms. The van der Waals surface area contributed by atoms with Crippen LogP contribution in [-0.4, -0.2) is 19.9 Å². The minimum Gasteiger partial charge on any atom is -0.265 e. The van der Waals surface area contributed by atoms with Crippen LogP contribution in [0.15, 0.2) is 237 Å². The molecule has 0 radical (unpaired) electrons. The number of benzene rings is 9. The van der Waals surface area contributed by atoms with Crippen molar-refractivity contribution in [3.8, 4) is 67.5 Å². The van der Waals surface area contributed by atoms with Gasteiger partial charge in [-0.05, 0) is 126 Å². The van der Waals surface area contributed by atoms with Crippen LogP contribution >= 0.6 is 0 Å². The maximum absolute atomic E-state index is 5.14. The third-order valence-electron chi connectivity index (χ3n) is 13.7. The van der Waals surface area contributed by atoms with Gasteiger partial charge in [-0.2, -0.15) is 0 Å². The topological polar surface area (TPSA) is 51.6 Å². The van der Waals surface area contributed by atoms with Crippen molar-refractivity contribution in [2.75, 3.05) is 0 Å². The maximum Gasteiger partial charge on any atom is 0.164 e. The highest BCUT2D eigenvalue weighted by atomic mass is 15.0. The molecular formula is C62H40N4. The quantitative estimate of drug-likeness (QED) is 0.160. The highest BCUT2D eigenvalue weighted by molar-refractivity contribution is 5.92. The van der Waals surface area contributed by atoms with Gasteiger partial charge in [0.25, 0.3) is 0 Å². The number of hydrogen-bond donors (Lipinski definition) is 0. The minimum atomic E-state index is -0.513. The molecule has 4 nitrogen and oxygen atoms in total. The summed E-state index contributed by atoms with van der Waals surface area (Å²) in [5.41, 5.74) is 18.4. The summed E-state index contributed by atoms with van der Waals surface area (Å²) in [7, 11) is 0. The molecule has 2 aromatic heterocycles. The Hall–Kier alpha value is -8.60. The molecule has 0 aliphatic heterocycles. The summed E-state index contributed by atoms with van der Waals surface area (Å²) in [6, 6.07) is 81.3. The van der Waals surface area contributed by atoms with Gasteiger partial charge in [0.15, 0.2) is 17.5 Å². The van der Waals surface area contributed by atoms with Gasteiger partial charge in [0.05, 0.1) is 5.41 Å². The molecule has 0 amide bonds. The molecule has 66 heavy (non-hydrogen) atoms. The first-order valence-corrected chi connectivity index (χ1v) is 22.6. The number of aromatic nitrogens is 4. The zero-order chi connectivity index (χ0) is 43.6. The molecule has 0 fully saturated rings. The first-order chi connectivity index (χ1) is 32.7. The highest BCUT2D eigenvalue weighted by Gasteiger charge is 2.53. The average Bonchev–Trinajstić information content (AvgIpc) is 3.41. The van der Waals surface area contributed by atoms with Crippen molar-refractivity contribution in [2.45, 2.75) is 11.3 Å². The van der Waals surface area contributed by atoms with Gasteiger partial charge in [0.2, 0.25) is 0 Å². The molecule has 14 rings (SSSR count). The van der Waals surface area contributed by atoms with Crippen LogP contribution in [0.1, 0.15) is 44.9 Å². The molecule has 0 saturated carbocycles. The Morgan fingerprint density at radius 2 is 0.742 bits per heavy atom. The van der Waals surface area contributed by atoms with E-state index in [-0.39, 0.29) is 5.92 Å². The van der Waals surface area contributed by atoms with E-state index in [0.717, 1.165) is 44.5 Å². The molecule has 2 heterocycles. The van der Waals surface area contributed by atoms with Crippen LogP contribution in [-0.2, 0) is 5.41 Å². The lowest BCUT2D eigenvalue weighted by Gasteiger charge is -2.51. The first-order valence-electron chi connectivity index (χ1n) is 22.6. The zero-order valence-corrected chi connectivity index (χ0v) is 35.9. The van der Waals surface area contributed by atoms with Gasteiger partial charge in [-0.1, -0.05) is 182 Å². The standard InChI is InChI=1S/C62H40N4/c1-3-16-42(17-4-1)59-64-60(43-18-5-2-6-19-43)66-61(65-59)49-37-47(40-31-33-63-34-32-40)36-48(38-49)45-22-13-21-44(35-45)46-29-30-53-57(39-46)62(54-28-14-20-41-15-7-8-23-50(41)54)55-26-11-9-24-51(55)58(53)52-25-10-12-27-56(52)62/h1-39,58H. The molecular weight excluding hydrogens is 801 g/mol. The lowest BCUT2D eigenvalue weighted by molar-refractivity contribution is 0.634. The van der Waals surface area contributed by atoms with Gasteiger partial charge < -0.3 is 0 Å². The normalized spacial score (nSPS) is 15.5. The fourth-order valence-electron chi connectivity index (χ4n) is 10.9. The minimum absolute atomic E-state index is 0.152. The number of nitrogens with zero attached hydrogens (tertiary/aromatic N) is 4. The summed E-state index contributed by atoms with van der Waals surface area (Å²) in [5.74, 6) is 2.02. The van der Waals surface area contributed by atoms with Gasteiger partial charge in [-0.3, -0.25) is 4.98 Å². The van der Waals surface area contributed by atoms with Gasteiger partial charge in [0.1, 0.15) is 0 Å². The molecule has 3 aliphatic carbocycles. The van der Waals surface area contributed by atoms with Gasteiger partial charge in [-0.15, -0.1) is 0 Å². The van der Waals surface area contributed by atoms with E-state index in [1.165, 1.54) is 55.3 Å². The molecule has 3 aliphatic rings. The average molecular weight is 841 g/mol. The predicted molar refractivity (Wildman–Crippen MR) is 267 cm³/mol. The molecule has 11 aromatic rings. The largest absolute Gasteiger partial charge is 0.265 e. The number of rotatable bonds is 7. The smallest absolute Gasteiger partial charge is 0.164 e. The Kier molecular flexibility index (Phi) is 8.78. The second kappa shape index (κ2) is 15.3. The van der Waals surface area contributed by atoms with Crippen LogP contribution in [0.2, 0.25) is 0 Å². The van der Waals surface area contributed by atoms with E-state index in [4.69, 9.17) is 15.0 Å². The first kappa shape index (κ1) is 37.9. The van der Waals surface area contributed by atoms with E-state index in [0.29, 0.717) is 17.5 Å². The van der Waals surface area contributed by atoms with E-state index in [1.54, 1.807) is 0 Å². The van der Waals surface area contributed by atoms with Gasteiger partial charge in [0, 0.05) is 35.0 Å². The third-order valence-corrected chi connectivity index (χ3v) is 13.7. The van der Waals surface area contributed by atoms with E-state index in [2.05, 4.69) is 169 Å².